The van der Waals surface area contributed by atoms with Crippen LogP contribution in [0.1, 0.15) is 28.4 Å². The van der Waals surface area contributed by atoms with Crippen LogP contribution in [0.2, 0.25) is 0 Å². The summed E-state index contributed by atoms with van der Waals surface area (Å²) in [4.78, 5) is 23.1. The van der Waals surface area contributed by atoms with Crippen molar-refractivity contribution in [3.63, 3.8) is 0 Å². The normalized spacial score (nSPS) is 12.4. The SMILES string of the molecule is Cc1ccc(CNC(=O)C(C)NS(=O)(=O)c2ccc(C(N)=O)cc2)cc1. The molecule has 0 aliphatic heterocycles. The topological polar surface area (TPSA) is 118 Å². The summed E-state index contributed by atoms with van der Waals surface area (Å²) >= 11 is 0. The van der Waals surface area contributed by atoms with E-state index in [2.05, 4.69) is 10.0 Å². The summed E-state index contributed by atoms with van der Waals surface area (Å²) in [6, 6.07) is 11.9. The molecule has 0 aliphatic carbocycles. The van der Waals surface area contributed by atoms with Gasteiger partial charge in [0, 0.05) is 12.1 Å². The van der Waals surface area contributed by atoms with Crippen molar-refractivity contribution >= 4 is 21.8 Å². The van der Waals surface area contributed by atoms with Crippen LogP contribution in [0.3, 0.4) is 0 Å². The molecule has 0 radical (unpaired) electrons. The Morgan fingerprint density at radius 2 is 1.62 bits per heavy atom. The molecule has 0 aromatic heterocycles. The smallest absolute Gasteiger partial charge is 0.248 e. The maximum absolute atomic E-state index is 12.3. The molecule has 2 rings (SSSR count). The minimum absolute atomic E-state index is 0.0549. The molecular formula is C18H21N3O4S. The van der Waals surface area contributed by atoms with Gasteiger partial charge >= 0.3 is 0 Å². The molecule has 0 bridgehead atoms. The van der Waals surface area contributed by atoms with Crippen LogP contribution >= 0.6 is 0 Å². The third kappa shape index (κ3) is 5.14. The number of nitrogens with one attached hydrogen (secondary N) is 2. The van der Waals surface area contributed by atoms with Crippen LogP contribution in [0.15, 0.2) is 53.4 Å². The van der Waals surface area contributed by atoms with Crippen LogP contribution in [0.25, 0.3) is 0 Å². The molecule has 1 unspecified atom stereocenters. The molecule has 138 valence electrons. The summed E-state index contributed by atoms with van der Waals surface area (Å²) < 4.78 is 27.0. The lowest BCUT2D eigenvalue weighted by Gasteiger charge is -2.15. The van der Waals surface area contributed by atoms with Crippen LogP contribution in [0.5, 0.6) is 0 Å². The molecular weight excluding hydrogens is 354 g/mol. The molecule has 0 spiro atoms. The van der Waals surface area contributed by atoms with E-state index in [4.69, 9.17) is 5.73 Å². The predicted molar refractivity (Wildman–Crippen MR) is 97.8 cm³/mol. The van der Waals surface area contributed by atoms with Crippen molar-refractivity contribution in [3.05, 3.63) is 65.2 Å². The summed E-state index contributed by atoms with van der Waals surface area (Å²) in [6.07, 6.45) is 0. The van der Waals surface area contributed by atoms with E-state index in [1.807, 2.05) is 31.2 Å². The molecule has 2 amide bonds. The van der Waals surface area contributed by atoms with Crippen molar-refractivity contribution in [2.45, 2.75) is 31.3 Å². The highest BCUT2D eigenvalue weighted by Gasteiger charge is 2.22. The molecule has 4 N–H and O–H groups in total. The van der Waals surface area contributed by atoms with E-state index in [0.717, 1.165) is 11.1 Å². The van der Waals surface area contributed by atoms with E-state index in [0.29, 0.717) is 6.54 Å². The van der Waals surface area contributed by atoms with Crippen molar-refractivity contribution < 1.29 is 18.0 Å². The van der Waals surface area contributed by atoms with Gasteiger partial charge in [-0.25, -0.2) is 8.42 Å². The van der Waals surface area contributed by atoms with Gasteiger partial charge in [-0.15, -0.1) is 0 Å². The summed E-state index contributed by atoms with van der Waals surface area (Å²) in [5.74, 6) is -1.09. The zero-order chi connectivity index (χ0) is 19.3. The van der Waals surface area contributed by atoms with E-state index < -0.39 is 27.9 Å². The first-order valence-corrected chi connectivity index (χ1v) is 9.43. The number of aryl methyl sites for hydroxylation is 1. The van der Waals surface area contributed by atoms with Crippen LogP contribution in [0, 0.1) is 6.92 Å². The van der Waals surface area contributed by atoms with Gasteiger partial charge in [-0.2, -0.15) is 4.72 Å². The number of amides is 2. The number of rotatable bonds is 7. The third-order valence-corrected chi connectivity index (χ3v) is 5.32. The number of hydrogen-bond donors (Lipinski definition) is 3. The van der Waals surface area contributed by atoms with Gasteiger partial charge in [0.1, 0.15) is 0 Å². The number of nitrogens with two attached hydrogens (primary N) is 1. The summed E-state index contributed by atoms with van der Waals surface area (Å²) in [7, 11) is -3.90. The second kappa shape index (κ2) is 8.11. The minimum atomic E-state index is -3.90. The van der Waals surface area contributed by atoms with Gasteiger partial charge in [0.15, 0.2) is 0 Å². The molecule has 8 heteroatoms. The Balaban J connectivity index is 1.97. The van der Waals surface area contributed by atoms with Crippen LogP contribution in [0.4, 0.5) is 0 Å². The molecule has 0 aliphatic rings. The molecule has 2 aromatic rings. The maximum atomic E-state index is 12.3. The Bertz CT molecular complexity index is 891. The van der Waals surface area contributed by atoms with E-state index in [9.17, 15) is 18.0 Å². The number of carbonyl (C=O) groups excluding carboxylic acids is 2. The lowest BCUT2D eigenvalue weighted by Crippen LogP contribution is -2.44. The van der Waals surface area contributed by atoms with Crippen molar-refractivity contribution in [2.24, 2.45) is 5.73 Å². The van der Waals surface area contributed by atoms with Crippen molar-refractivity contribution in [2.75, 3.05) is 0 Å². The first kappa shape index (κ1) is 19.6. The number of primary amides is 1. The van der Waals surface area contributed by atoms with Crippen LogP contribution in [-0.2, 0) is 21.4 Å². The van der Waals surface area contributed by atoms with Gasteiger partial charge in [-0.1, -0.05) is 29.8 Å². The first-order valence-electron chi connectivity index (χ1n) is 7.94. The minimum Gasteiger partial charge on any atom is -0.366 e. The average Bonchev–Trinajstić information content (AvgIpc) is 2.60. The molecule has 26 heavy (non-hydrogen) atoms. The summed E-state index contributed by atoms with van der Waals surface area (Å²) in [5, 5.41) is 2.69. The number of carbonyl (C=O) groups is 2. The molecule has 0 heterocycles. The zero-order valence-electron chi connectivity index (χ0n) is 14.5. The van der Waals surface area contributed by atoms with Crippen LogP contribution < -0.4 is 15.8 Å². The Morgan fingerprint density at radius 1 is 1.04 bits per heavy atom. The number of hydrogen-bond acceptors (Lipinski definition) is 4. The fourth-order valence-electron chi connectivity index (χ4n) is 2.20. The average molecular weight is 375 g/mol. The van der Waals surface area contributed by atoms with E-state index in [1.54, 1.807) is 0 Å². The predicted octanol–water partition coefficient (Wildman–Crippen LogP) is 1.08. The molecule has 2 aromatic carbocycles. The number of sulfonamides is 1. The largest absolute Gasteiger partial charge is 0.366 e. The summed E-state index contributed by atoms with van der Waals surface area (Å²) in [6.45, 7) is 3.73. The van der Waals surface area contributed by atoms with E-state index in [-0.39, 0.29) is 10.5 Å². The molecule has 0 saturated carbocycles. The Morgan fingerprint density at radius 3 is 2.15 bits per heavy atom. The first-order chi connectivity index (χ1) is 12.2. The van der Waals surface area contributed by atoms with E-state index in [1.165, 1.54) is 31.2 Å². The van der Waals surface area contributed by atoms with Crippen LogP contribution in [-0.4, -0.2) is 26.3 Å². The Kier molecular flexibility index (Phi) is 6.12. The fraction of sp³-hybridized carbons (Fsp3) is 0.222. The lowest BCUT2D eigenvalue weighted by molar-refractivity contribution is -0.122. The maximum Gasteiger partial charge on any atom is 0.248 e. The number of benzene rings is 2. The highest BCUT2D eigenvalue weighted by molar-refractivity contribution is 7.89. The van der Waals surface area contributed by atoms with E-state index >= 15 is 0 Å². The third-order valence-electron chi connectivity index (χ3n) is 3.76. The lowest BCUT2D eigenvalue weighted by atomic mass is 10.1. The van der Waals surface area contributed by atoms with Gasteiger partial charge < -0.3 is 11.1 Å². The Labute approximate surface area is 152 Å². The fourth-order valence-corrected chi connectivity index (χ4v) is 3.40. The zero-order valence-corrected chi connectivity index (χ0v) is 15.3. The Hall–Kier alpha value is -2.71. The second-order valence-corrected chi connectivity index (χ2v) is 7.65. The highest BCUT2D eigenvalue weighted by atomic mass is 32.2. The highest BCUT2D eigenvalue weighted by Crippen LogP contribution is 2.11. The quantitative estimate of drug-likeness (QED) is 0.671. The monoisotopic (exact) mass is 375 g/mol. The standard InChI is InChI=1S/C18H21N3O4S/c1-12-3-5-14(6-4-12)11-20-18(23)13(2)21-26(24,25)16-9-7-15(8-10-16)17(19)22/h3-10,13,21H,11H2,1-2H3,(H2,19,22)(H,20,23). The van der Waals surface area contributed by atoms with Gasteiger partial charge in [-0.3, -0.25) is 9.59 Å². The molecule has 0 fully saturated rings. The van der Waals surface area contributed by atoms with Gasteiger partial charge in [0.2, 0.25) is 21.8 Å². The van der Waals surface area contributed by atoms with Crippen molar-refractivity contribution in [1.82, 2.24) is 10.0 Å². The summed E-state index contributed by atoms with van der Waals surface area (Å²) in [5.41, 5.74) is 7.36. The second-order valence-electron chi connectivity index (χ2n) is 5.94. The van der Waals surface area contributed by atoms with Gasteiger partial charge in [0.25, 0.3) is 0 Å². The van der Waals surface area contributed by atoms with Gasteiger partial charge in [-0.05, 0) is 43.7 Å². The molecule has 0 saturated heterocycles. The van der Waals surface area contributed by atoms with Crippen molar-refractivity contribution in [1.29, 1.82) is 0 Å². The van der Waals surface area contributed by atoms with Gasteiger partial charge in [0.05, 0.1) is 10.9 Å². The molecule has 7 nitrogen and oxygen atoms in total. The molecule has 1 atom stereocenters. The van der Waals surface area contributed by atoms with Crippen molar-refractivity contribution in [3.8, 4) is 0 Å².